The van der Waals surface area contributed by atoms with Gasteiger partial charge in [0.05, 0.1) is 6.54 Å². The van der Waals surface area contributed by atoms with Crippen LogP contribution in [-0.4, -0.2) is 32.6 Å². The minimum atomic E-state index is -0.207. The average Bonchev–Trinajstić information content (AvgIpc) is 3.08. The number of aryl methyl sites for hydroxylation is 1. The number of hydrogen-bond acceptors (Lipinski definition) is 5. The molecule has 0 spiro atoms. The molecule has 2 aromatic heterocycles. The summed E-state index contributed by atoms with van der Waals surface area (Å²) in [5.74, 6) is 1.88. The molecule has 20 heavy (non-hydrogen) atoms. The van der Waals surface area contributed by atoms with Crippen LogP contribution in [0.1, 0.15) is 24.2 Å². The van der Waals surface area contributed by atoms with Crippen molar-refractivity contribution in [2.24, 2.45) is 0 Å². The van der Waals surface area contributed by atoms with E-state index in [-0.39, 0.29) is 18.5 Å². The van der Waals surface area contributed by atoms with Crippen molar-refractivity contribution in [1.29, 1.82) is 0 Å². The zero-order valence-corrected chi connectivity index (χ0v) is 12.4. The minimum absolute atomic E-state index is 0.0360. The van der Waals surface area contributed by atoms with Crippen molar-refractivity contribution in [3.63, 3.8) is 0 Å². The van der Waals surface area contributed by atoms with Gasteiger partial charge in [-0.25, -0.2) is 0 Å². The smallest absolute Gasteiger partial charge is 0.246 e. The summed E-state index contributed by atoms with van der Waals surface area (Å²) in [6, 6.07) is 3.63. The van der Waals surface area contributed by atoms with Gasteiger partial charge < -0.3 is 14.4 Å². The van der Waals surface area contributed by atoms with Gasteiger partial charge in [-0.05, 0) is 37.5 Å². The highest BCUT2D eigenvalue weighted by Crippen LogP contribution is 2.15. The first-order chi connectivity index (χ1) is 9.70. The summed E-state index contributed by atoms with van der Waals surface area (Å²) < 4.78 is 6.90. The highest BCUT2D eigenvalue weighted by atomic mass is 32.2. The Balaban J connectivity index is 1.95. The molecule has 2 heterocycles. The molecule has 2 rings (SSSR count). The summed E-state index contributed by atoms with van der Waals surface area (Å²) in [5, 5.41) is 6.54. The molecule has 0 bridgehead atoms. The molecular formula is C13H18N4O2S. The Kier molecular flexibility index (Phi) is 5.23. The maximum Gasteiger partial charge on any atom is 0.246 e. The maximum atomic E-state index is 12.3. The Morgan fingerprint density at radius 2 is 2.25 bits per heavy atom. The van der Waals surface area contributed by atoms with Crippen LogP contribution in [0.15, 0.2) is 29.0 Å². The summed E-state index contributed by atoms with van der Waals surface area (Å²) in [5.41, 5.74) is 0. The van der Waals surface area contributed by atoms with Crippen molar-refractivity contribution in [1.82, 2.24) is 20.0 Å². The number of nitrogens with one attached hydrogen (secondary N) is 1. The molecule has 0 saturated carbocycles. The van der Waals surface area contributed by atoms with Crippen LogP contribution >= 0.6 is 11.8 Å². The van der Waals surface area contributed by atoms with E-state index in [1.54, 1.807) is 18.7 Å². The largest absolute Gasteiger partial charge is 0.345 e. The van der Waals surface area contributed by atoms with Crippen molar-refractivity contribution in [2.75, 3.05) is 12.0 Å². The Bertz CT molecular complexity index is 538. The van der Waals surface area contributed by atoms with Gasteiger partial charge in [0.25, 0.3) is 0 Å². The summed E-state index contributed by atoms with van der Waals surface area (Å²) in [6.07, 6.45) is 6.62. The molecule has 6 nitrogen and oxygen atoms in total. The lowest BCUT2D eigenvalue weighted by Crippen LogP contribution is -2.32. The van der Waals surface area contributed by atoms with Gasteiger partial charge in [0.1, 0.15) is 6.04 Å². The lowest BCUT2D eigenvalue weighted by atomic mass is 10.2. The monoisotopic (exact) mass is 294 g/mol. The van der Waals surface area contributed by atoms with Gasteiger partial charge in [-0.2, -0.15) is 16.7 Å². The van der Waals surface area contributed by atoms with Crippen molar-refractivity contribution in [3.8, 4) is 0 Å². The maximum absolute atomic E-state index is 12.3. The van der Waals surface area contributed by atoms with Crippen LogP contribution in [-0.2, 0) is 11.3 Å². The Hall–Kier alpha value is -1.76. The molecule has 2 aromatic rings. The summed E-state index contributed by atoms with van der Waals surface area (Å²) in [7, 11) is 0. The van der Waals surface area contributed by atoms with Crippen LogP contribution in [0.4, 0.5) is 0 Å². The van der Waals surface area contributed by atoms with Crippen LogP contribution in [0.25, 0.3) is 0 Å². The molecular weight excluding hydrogens is 276 g/mol. The quantitative estimate of drug-likeness (QED) is 0.843. The molecule has 0 unspecified atom stereocenters. The zero-order chi connectivity index (χ0) is 14.4. The van der Waals surface area contributed by atoms with E-state index in [9.17, 15) is 4.79 Å². The van der Waals surface area contributed by atoms with Crippen LogP contribution in [0, 0.1) is 6.92 Å². The van der Waals surface area contributed by atoms with E-state index in [1.165, 1.54) is 0 Å². The number of nitrogens with zero attached hydrogens (tertiary/aromatic N) is 3. The van der Waals surface area contributed by atoms with Crippen molar-refractivity contribution < 1.29 is 9.32 Å². The molecule has 1 amide bonds. The Morgan fingerprint density at radius 1 is 1.50 bits per heavy atom. The second kappa shape index (κ2) is 7.14. The van der Waals surface area contributed by atoms with E-state index in [0.29, 0.717) is 11.7 Å². The fourth-order valence-corrected chi connectivity index (χ4v) is 2.35. The van der Waals surface area contributed by atoms with Crippen LogP contribution in [0.3, 0.4) is 0 Å². The van der Waals surface area contributed by atoms with Crippen molar-refractivity contribution in [2.45, 2.75) is 25.9 Å². The van der Waals surface area contributed by atoms with E-state index < -0.39 is 0 Å². The van der Waals surface area contributed by atoms with E-state index in [2.05, 4.69) is 15.5 Å². The van der Waals surface area contributed by atoms with E-state index >= 15 is 0 Å². The van der Waals surface area contributed by atoms with E-state index in [0.717, 1.165) is 12.2 Å². The molecule has 1 N–H and O–H groups in total. The van der Waals surface area contributed by atoms with E-state index in [4.69, 9.17) is 4.52 Å². The molecule has 0 aromatic carbocycles. The molecule has 108 valence electrons. The molecule has 0 aliphatic rings. The number of aromatic nitrogens is 3. The lowest BCUT2D eigenvalue weighted by Gasteiger charge is -2.17. The number of rotatable bonds is 7. The highest BCUT2D eigenvalue weighted by Gasteiger charge is 2.19. The predicted octanol–water partition coefficient (Wildman–Crippen LogP) is 1.79. The van der Waals surface area contributed by atoms with Gasteiger partial charge in [0.15, 0.2) is 5.82 Å². The van der Waals surface area contributed by atoms with Gasteiger partial charge >= 0.3 is 0 Å². The summed E-state index contributed by atoms with van der Waals surface area (Å²) in [6.45, 7) is 2.01. The number of carbonyl (C=O) groups is 1. The van der Waals surface area contributed by atoms with Gasteiger partial charge in [-0.3, -0.25) is 4.79 Å². The van der Waals surface area contributed by atoms with Gasteiger partial charge in [-0.15, -0.1) is 0 Å². The van der Waals surface area contributed by atoms with Gasteiger partial charge in [0.2, 0.25) is 11.8 Å². The fourth-order valence-electron chi connectivity index (χ4n) is 1.89. The third kappa shape index (κ3) is 3.86. The standard InChI is InChI=1S/C13H18N4O2S/c1-10-15-12(19-16-10)9-14-13(18)11(5-8-20-2)17-6-3-4-7-17/h3-4,6-7,11H,5,8-9H2,1-2H3,(H,14,18)/t11-/m0/s1. The molecule has 0 fully saturated rings. The first-order valence-electron chi connectivity index (χ1n) is 6.39. The van der Waals surface area contributed by atoms with Crippen molar-refractivity contribution in [3.05, 3.63) is 36.2 Å². The summed E-state index contributed by atoms with van der Waals surface area (Å²) >= 11 is 1.73. The molecule has 0 saturated heterocycles. The average molecular weight is 294 g/mol. The first-order valence-corrected chi connectivity index (χ1v) is 7.78. The highest BCUT2D eigenvalue weighted by molar-refractivity contribution is 7.98. The molecule has 1 atom stereocenters. The number of thioether (sulfide) groups is 1. The van der Waals surface area contributed by atoms with Gasteiger partial charge in [-0.1, -0.05) is 5.16 Å². The predicted molar refractivity (Wildman–Crippen MR) is 77.3 cm³/mol. The molecule has 7 heteroatoms. The normalized spacial score (nSPS) is 12.3. The molecule has 0 radical (unpaired) electrons. The second-order valence-electron chi connectivity index (χ2n) is 4.38. The van der Waals surface area contributed by atoms with Crippen LogP contribution in [0.5, 0.6) is 0 Å². The van der Waals surface area contributed by atoms with E-state index in [1.807, 2.05) is 35.3 Å². The van der Waals surface area contributed by atoms with Crippen LogP contribution in [0.2, 0.25) is 0 Å². The SMILES string of the molecule is CSCC[C@@H](C(=O)NCc1nc(C)no1)n1cccc1. The lowest BCUT2D eigenvalue weighted by molar-refractivity contribution is -0.124. The topological polar surface area (TPSA) is 73.0 Å². The number of amides is 1. The Labute approximate surface area is 121 Å². The third-order valence-corrected chi connectivity index (χ3v) is 3.51. The Morgan fingerprint density at radius 3 is 2.85 bits per heavy atom. The van der Waals surface area contributed by atoms with Gasteiger partial charge in [0, 0.05) is 12.4 Å². The summed E-state index contributed by atoms with van der Waals surface area (Å²) in [4.78, 5) is 16.4. The zero-order valence-electron chi connectivity index (χ0n) is 11.6. The number of carbonyl (C=O) groups excluding carboxylic acids is 1. The van der Waals surface area contributed by atoms with Crippen molar-refractivity contribution >= 4 is 17.7 Å². The third-order valence-electron chi connectivity index (χ3n) is 2.87. The molecule has 0 aliphatic carbocycles. The minimum Gasteiger partial charge on any atom is -0.345 e. The first kappa shape index (κ1) is 14.6. The number of hydrogen-bond donors (Lipinski definition) is 1. The fraction of sp³-hybridized carbons (Fsp3) is 0.462. The second-order valence-corrected chi connectivity index (χ2v) is 5.37. The van der Waals surface area contributed by atoms with Crippen LogP contribution < -0.4 is 5.32 Å². The molecule has 0 aliphatic heterocycles.